The van der Waals surface area contributed by atoms with Gasteiger partial charge < -0.3 is 10.4 Å². The third-order valence-electron chi connectivity index (χ3n) is 1.22. The van der Waals surface area contributed by atoms with Crippen LogP contribution in [0.2, 0.25) is 0 Å². The summed E-state index contributed by atoms with van der Waals surface area (Å²) in [4.78, 5) is 10.1. The van der Waals surface area contributed by atoms with Crippen LogP contribution in [0, 0.1) is 6.54 Å². The number of nitrogens with one attached hydrogen (secondary N) is 1. The quantitative estimate of drug-likeness (QED) is 0.504. The van der Waals surface area contributed by atoms with Gasteiger partial charge in [0.1, 0.15) is 6.04 Å². The lowest BCUT2D eigenvalue weighted by Gasteiger charge is -1.99. The molecule has 0 spiro atoms. The van der Waals surface area contributed by atoms with Crippen LogP contribution in [0.15, 0.2) is 0 Å². The summed E-state index contributed by atoms with van der Waals surface area (Å²) >= 11 is 0. The van der Waals surface area contributed by atoms with Crippen LogP contribution in [0.25, 0.3) is 0 Å². The fourth-order valence-electron chi connectivity index (χ4n) is 0.754. The zero-order chi connectivity index (χ0) is 5.98. The minimum Gasteiger partial charge on any atom is -0.480 e. The molecule has 0 aromatic heterocycles. The van der Waals surface area contributed by atoms with E-state index < -0.39 is 5.97 Å². The fraction of sp³-hybridized carbons (Fsp3) is 0.600. The minimum absolute atomic E-state index is 0.324. The molecule has 0 aliphatic carbocycles. The number of carboxylic acid groups (broad SMARTS) is 1. The van der Waals surface area contributed by atoms with Crippen molar-refractivity contribution in [3.63, 3.8) is 0 Å². The molecule has 45 valence electrons. The maximum atomic E-state index is 10.1. The van der Waals surface area contributed by atoms with Crippen molar-refractivity contribution in [3.8, 4) is 0 Å². The number of hydrogen-bond acceptors (Lipinski definition) is 2. The molecule has 0 saturated carbocycles. The highest BCUT2D eigenvalue weighted by Gasteiger charge is 2.20. The van der Waals surface area contributed by atoms with Gasteiger partial charge in [-0.05, 0) is 12.8 Å². The Hall–Kier alpha value is -0.570. The van der Waals surface area contributed by atoms with Gasteiger partial charge in [0, 0.05) is 6.54 Å². The van der Waals surface area contributed by atoms with Crippen molar-refractivity contribution in [3.05, 3.63) is 6.54 Å². The van der Waals surface area contributed by atoms with Gasteiger partial charge in [0.15, 0.2) is 0 Å². The topological polar surface area (TPSA) is 49.3 Å². The summed E-state index contributed by atoms with van der Waals surface area (Å²) in [5.74, 6) is -0.751. The summed E-state index contributed by atoms with van der Waals surface area (Å²) < 4.78 is 0. The van der Waals surface area contributed by atoms with E-state index in [1.54, 1.807) is 6.54 Å². The minimum atomic E-state index is -0.751. The van der Waals surface area contributed by atoms with E-state index >= 15 is 0 Å². The van der Waals surface area contributed by atoms with Crippen molar-refractivity contribution in [2.75, 3.05) is 0 Å². The maximum Gasteiger partial charge on any atom is 0.320 e. The van der Waals surface area contributed by atoms with Gasteiger partial charge in [0.05, 0.1) is 0 Å². The highest BCUT2D eigenvalue weighted by atomic mass is 16.4. The van der Waals surface area contributed by atoms with E-state index in [2.05, 4.69) is 5.32 Å². The lowest BCUT2D eigenvalue weighted by Crippen LogP contribution is -2.28. The van der Waals surface area contributed by atoms with Crippen LogP contribution in [0.3, 0.4) is 0 Å². The van der Waals surface area contributed by atoms with Crippen molar-refractivity contribution in [1.82, 2.24) is 5.32 Å². The van der Waals surface area contributed by atoms with Crippen LogP contribution in [-0.4, -0.2) is 17.1 Å². The molecular formula is C5H8NO2. The molecule has 1 unspecified atom stereocenters. The van der Waals surface area contributed by atoms with Crippen LogP contribution in [0.4, 0.5) is 0 Å². The van der Waals surface area contributed by atoms with E-state index in [1.807, 2.05) is 0 Å². The Morgan fingerprint density at radius 2 is 2.62 bits per heavy atom. The molecular weight excluding hydrogens is 106 g/mol. The van der Waals surface area contributed by atoms with E-state index in [-0.39, 0.29) is 6.04 Å². The second-order valence-electron chi connectivity index (χ2n) is 1.84. The Labute approximate surface area is 47.7 Å². The molecule has 0 aromatic rings. The van der Waals surface area contributed by atoms with Gasteiger partial charge in [0.2, 0.25) is 0 Å². The molecule has 1 rings (SSSR count). The first-order valence-electron chi connectivity index (χ1n) is 2.61. The van der Waals surface area contributed by atoms with Gasteiger partial charge in [-0.2, -0.15) is 0 Å². The highest BCUT2D eigenvalue weighted by Crippen LogP contribution is 2.07. The molecule has 3 nitrogen and oxygen atoms in total. The molecule has 2 N–H and O–H groups in total. The number of rotatable bonds is 1. The van der Waals surface area contributed by atoms with Crippen LogP contribution in [0.5, 0.6) is 0 Å². The monoisotopic (exact) mass is 114 g/mol. The maximum absolute atomic E-state index is 10.1. The lowest BCUT2D eigenvalue weighted by atomic mass is 10.2. The average Bonchev–Trinajstić information content (AvgIpc) is 2.12. The molecule has 1 atom stereocenters. The smallest absolute Gasteiger partial charge is 0.320 e. The SMILES string of the molecule is O=C(O)C1CC[CH]N1. The number of aliphatic carboxylic acids is 1. The van der Waals surface area contributed by atoms with Crippen LogP contribution < -0.4 is 5.32 Å². The third kappa shape index (κ3) is 0.980. The Morgan fingerprint density at radius 1 is 1.88 bits per heavy atom. The van der Waals surface area contributed by atoms with Crippen molar-refractivity contribution in [1.29, 1.82) is 0 Å². The van der Waals surface area contributed by atoms with Gasteiger partial charge in [-0.25, -0.2) is 0 Å². The normalized spacial score (nSPS) is 28.2. The lowest BCUT2D eigenvalue weighted by molar-refractivity contribution is -0.138. The number of carboxylic acids is 1. The van der Waals surface area contributed by atoms with Crippen LogP contribution >= 0.6 is 0 Å². The summed E-state index contributed by atoms with van der Waals surface area (Å²) in [5.41, 5.74) is 0. The predicted molar refractivity (Wildman–Crippen MR) is 28.1 cm³/mol. The van der Waals surface area contributed by atoms with Crippen molar-refractivity contribution in [2.24, 2.45) is 0 Å². The summed E-state index contributed by atoms with van der Waals surface area (Å²) in [5, 5.41) is 11.1. The molecule has 0 bridgehead atoms. The Morgan fingerprint density at radius 3 is 2.88 bits per heavy atom. The molecule has 1 heterocycles. The molecule has 1 aliphatic heterocycles. The van der Waals surface area contributed by atoms with Crippen LogP contribution in [0.1, 0.15) is 12.8 Å². The van der Waals surface area contributed by atoms with E-state index in [4.69, 9.17) is 5.11 Å². The van der Waals surface area contributed by atoms with Crippen LogP contribution in [-0.2, 0) is 4.79 Å². The van der Waals surface area contributed by atoms with E-state index in [0.29, 0.717) is 0 Å². The summed E-state index contributed by atoms with van der Waals surface area (Å²) in [6.45, 7) is 1.79. The van der Waals surface area contributed by atoms with Crippen molar-refractivity contribution >= 4 is 5.97 Å². The summed E-state index contributed by atoms with van der Waals surface area (Å²) in [7, 11) is 0. The third-order valence-corrected chi connectivity index (χ3v) is 1.22. The second-order valence-corrected chi connectivity index (χ2v) is 1.84. The molecule has 0 aromatic carbocycles. The predicted octanol–water partition coefficient (Wildman–Crippen LogP) is -0.0152. The summed E-state index contributed by atoms with van der Waals surface area (Å²) in [6, 6.07) is -0.324. The van der Waals surface area contributed by atoms with Gasteiger partial charge in [-0.3, -0.25) is 4.79 Å². The Kier molecular flexibility index (Phi) is 1.48. The van der Waals surface area contributed by atoms with E-state index in [0.717, 1.165) is 12.8 Å². The molecule has 3 heteroatoms. The van der Waals surface area contributed by atoms with Crippen molar-refractivity contribution in [2.45, 2.75) is 18.9 Å². The number of carbonyl (C=O) groups is 1. The van der Waals surface area contributed by atoms with E-state index in [1.165, 1.54) is 0 Å². The van der Waals surface area contributed by atoms with E-state index in [9.17, 15) is 4.79 Å². The Bertz CT molecular complexity index is 96.6. The number of hydrogen-bond donors (Lipinski definition) is 2. The molecule has 1 radical (unpaired) electrons. The van der Waals surface area contributed by atoms with Gasteiger partial charge in [-0.1, -0.05) is 0 Å². The standard InChI is InChI=1S/C5H8NO2/c7-5(8)4-2-1-3-6-4/h3-4,6H,1-2H2,(H,7,8). The first-order valence-corrected chi connectivity index (χ1v) is 2.61. The second kappa shape index (κ2) is 2.13. The van der Waals surface area contributed by atoms with Gasteiger partial charge in [-0.15, -0.1) is 0 Å². The van der Waals surface area contributed by atoms with Crippen molar-refractivity contribution < 1.29 is 9.90 Å². The Balaban J connectivity index is 2.35. The summed E-state index contributed by atoms with van der Waals surface area (Å²) in [6.07, 6.45) is 1.60. The molecule has 1 saturated heterocycles. The molecule has 8 heavy (non-hydrogen) atoms. The zero-order valence-corrected chi connectivity index (χ0v) is 4.42. The first kappa shape index (κ1) is 5.56. The zero-order valence-electron chi connectivity index (χ0n) is 4.42. The highest BCUT2D eigenvalue weighted by molar-refractivity contribution is 5.73. The van der Waals surface area contributed by atoms with Gasteiger partial charge in [0.25, 0.3) is 0 Å². The average molecular weight is 114 g/mol. The molecule has 0 amide bonds. The fourth-order valence-corrected chi connectivity index (χ4v) is 0.754. The first-order chi connectivity index (χ1) is 3.80. The molecule has 1 aliphatic rings. The molecule has 1 fully saturated rings. The van der Waals surface area contributed by atoms with Gasteiger partial charge >= 0.3 is 5.97 Å². The largest absolute Gasteiger partial charge is 0.480 e.